The van der Waals surface area contributed by atoms with Crippen LogP contribution in [0, 0.1) is 0 Å². The Morgan fingerprint density at radius 2 is 2.26 bits per heavy atom. The summed E-state index contributed by atoms with van der Waals surface area (Å²) in [5.41, 5.74) is 6.48. The molecule has 0 atom stereocenters. The van der Waals surface area contributed by atoms with Gasteiger partial charge in [0.05, 0.1) is 0 Å². The van der Waals surface area contributed by atoms with Gasteiger partial charge in [0.1, 0.15) is 5.35 Å². The molecule has 0 spiro atoms. The number of hydrogen-bond acceptors (Lipinski definition) is 4. The zero-order chi connectivity index (χ0) is 14.7. The molecule has 0 aliphatic heterocycles. The van der Waals surface area contributed by atoms with Gasteiger partial charge in [-0.25, -0.2) is 4.98 Å². The number of hydrogen-bond donors (Lipinski definition) is 1. The van der Waals surface area contributed by atoms with Crippen LogP contribution in [0.2, 0.25) is 0 Å². The van der Waals surface area contributed by atoms with E-state index in [1.54, 1.807) is 7.05 Å². The number of aliphatic imine (C=N–C) groups is 1. The molecule has 106 valence electrons. The van der Waals surface area contributed by atoms with Crippen LogP contribution < -0.4 is 16.5 Å². The van der Waals surface area contributed by atoms with Gasteiger partial charge in [0.2, 0.25) is 0 Å². The molecule has 0 amide bonds. The van der Waals surface area contributed by atoms with Gasteiger partial charge in [-0.05, 0) is 12.8 Å². The molecular formula is C14H23N3OS. The van der Waals surface area contributed by atoms with Gasteiger partial charge in [0, 0.05) is 12.0 Å². The van der Waals surface area contributed by atoms with Crippen LogP contribution in [0.1, 0.15) is 33.6 Å². The van der Waals surface area contributed by atoms with Crippen LogP contribution in [0.25, 0.3) is 11.0 Å². The van der Waals surface area contributed by atoms with Gasteiger partial charge < -0.3 is 10.2 Å². The molecule has 1 heterocycles. The third-order valence-electron chi connectivity index (χ3n) is 2.10. The summed E-state index contributed by atoms with van der Waals surface area (Å²) in [6.45, 7) is 9.72. The predicted octanol–water partition coefficient (Wildman–Crippen LogP) is 2.25. The second-order valence-electron chi connectivity index (χ2n) is 3.24. The molecule has 0 bridgehead atoms. The summed E-state index contributed by atoms with van der Waals surface area (Å²) >= 11 is 1.41. The van der Waals surface area contributed by atoms with Crippen LogP contribution in [0.3, 0.4) is 0 Å². The normalized spacial score (nSPS) is 13.7. The number of rotatable bonds is 4. The molecule has 0 radical (unpaired) electrons. The lowest BCUT2D eigenvalue weighted by Crippen LogP contribution is -2.25. The summed E-state index contributed by atoms with van der Waals surface area (Å²) in [6, 6.07) is 0. The van der Waals surface area contributed by atoms with E-state index in [1.165, 1.54) is 18.2 Å². The number of thioether (sulfide) groups is 1. The molecule has 4 nitrogen and oxygen atoms in total. The Morgan fingerprint density at radius 1 is 1.58 bits per heavy atom. The molecule has 0 saturated heterocycles. The van der Waals surface area contributed by atoms with Crippen molar-refractivity contribution in [2.24, 2.45) is 10.7 Å². The summed E-state index contributed by atoms with van der Waals surface area (Å²) < 4.78 is 5.42. The minimum absolute atomic E-state index is 0.521. The maximum absolute atomic E-state index is 5.71. The van der Waals surface area contributed by atoms with Gasteiger partial charge in [-0.2, -0.15) is 0 Å². The largest absolute Gasteiger partial charge is 0.443 e. The second kappa shape index (κ2) is 10.4. The van der Waals surface area contributed by atoms with Crippen molar-refractivity contribution in [1.29, 1.82) is 0 Å². The van der Waals surface area contributed by atoms with E-state index in [-0.39, 0.29) is 0 Å². The Balaban J connectivity index is 0.00000154. The molecule has 0 unspecified atom stereocenters. The van der Waals surface area contributed by atoms with E-state index in [4.69, 9.17) is 10.2 Å². The molecule has 0 saturated carbocycles. The van der Waals surface area contributed by atoms with E-state index < -0.39 is 0 Å². The van der Waals surface area contributed by atoms with E-state index in [1.807, 2.05) is 32.9 Å². The highest BCUT2D eigenvalue weighted by molar-refractivity contribution is 8.21. The Kier molecular flexibility index (Phi) is 9.62. The van der Waals surface area contributed by atoms with Gasteiger partial charge in [-0.1, -0.05) is 44.7 Å². The van der Waals surface area contributed by atoms with Crippen molar-refractivity contribution < 1.29 is 4.42 Å². The first kappa shape index (κ1) is 17.5. The first-order valence-electron chi connectivity index (χ1n) is 6.36. The van der Waals surface area contributed by atoms with E-state index in [0.29, 0.717) is 5.17 Å². The van der Waals surface area contributed by atoms with Gasteiger partial charge >= 0.3 is 0 Å². The van der Waals surface area contributed by atoms with Gasteiger partial charge in [0.25, 0.3) is 0 Å². The summed E-state index contributed by atoms with van der Waals surface area (Å²) in [4.78, 5) is 9.13. The molecule has 0 aliphatic carbocycles. The lowest BCUT2D eigenvalue weighted by Gasteiger charge is -2.00. The second-order valence-corrected chi connectivity index (χ2v) is 4.35. The lowest BCUT2D eigenvalue weighted by atomic mass is 10.3. The van der Waals surface area contributed by atoms with Crippen LogP contribution in [-0.2, 0) is 0 Å². The average molecular weight is 281 g/mol. The minimum Gasteiger partial charge on any atom is -0.443 e. The Morgan fingerprint density at radius 3 is 2.79 bits per heavy atom. The number of nitrogens with zero attached hydrogens (tertiary/aromatic N) is 2. The number of allylic oxidation sites excluding steroid dienone is 1. The number of aromatic nitrogens is 1. The van der Waals surface area contributed by atoms with Crippen LogP contribution in [0.4, 0.5) is 0 Å². The first-order chi connectivity index (χ1) is 9.22. The van der Waals surface area contributed by atoms with Crippen LogP contribution in [0.15, 0.2) is 28.5 Å². The van der Waals surface area contributed by atoms with E-state index in [0.717, 1.165) is 28.5 Å². The summed E-state index contributed by atoms with van der Waals surface area (Å²) in [5.74, 6) is 0. The molecule has 1 rings (SSSR count). The zero-order valence-corrected chi connectivity index (χ0v) is 13.0. The highest BCUT2D eigenvalue weighted by Gasteiger charge is 2.04. The van der Waals surface area contributed by atoms with Crippen molar-refractivity contribution in [3.63, 3.8) is 0 Å². The average Bonchev–Trinajstić information content (AvgIpc) is 2.92. The molecule has 0 aliphatic rings. The summed E-state index contributed by atoms with van der Waals surface area (Å²) in [5, 5.41) is 1.35. The number of nitrogens with two attached hydrogens (primary N) is 1. The molecule has 5 heteroatoms. The van der Waals surface area contributed by atoms with Gasteiger partial charge in [-0.15, -0.1) is 6.58 Å². The molecule has 0 fully saturated rings. The zero-order valence-electron chi connectivity index (χ0n) is 12.1. The standard InChI is InChI=1S/C12H17N3OS.C2H6/c1-4-6-7-9-11(16-8-15-9)10(5-2)17-12(13)14-3;1-2/h4,7-8H,1,5-6H2,2-3H3,(H2,13,14);1-2H3/b9-7+,11-10-;. The Labute approximate surface area is 119 Å². The highest BCUT2D eigenvalue weighted by atomic mass is 32.2. The van der Waals surface area contributed by atoms with E-state index in [9.17, 15) is 0 Å². The number of amidine groups is 1. The summed E-state index contributed by atoms with van der Waals surface area (Å²) in [6.07, 6.45) is 6.82. The monoisotopic (exact) mass is 281 g/mol. The van der Waals surface area contributed by atoms with Crippen molar-refractivity contribution in [2.45, 2.75) is 33.6 Å². The minimum atomic E-state index is 0.521. The van der Waals surface area contributed by atoms with Crippen molar-refractivity contribution in [3.05, 3.63) is 29.8 Å². The fourth-order valence-corrected chi connectivity index (χ4v) is 1.99. The Bertz CT molecular complexity index is 517. The van der Waals surface area contributed by atoms with Crippen molar-refractivity contribution in [3.8, 4) is 0 Å². The van der Waals surface area contributed by atoms with Gasteiger partial charge in [-0.3, -0.25) is 4.99 Å². The van der Waals surface area contributed by atoms with Crippen molar-refractivity contribution >= 4 is 27.9 Å². The van der Waals surface area contributed by atoms with Crippen LogP contribution in [-0.4, -0.2) is 17.2 Å². The third-order valence-corrected chi connectivity index (χ3v) is 3.21. The fourth-order valence-electron chi connectivity index (χ4n) is 1.25. The van der Waals surface area contributed by atoms with Crippen LogP contribution >= 0.6 is 11.8 Å². The quantitative estimate of drug-likeness (QED) is 0.522. The van der Waals surface area contributed by atoms with Crippen LogP contribution in [0.5, 0.6) is 0 Å². The maximum Gasteiger partial charge on any atom is 0.182 e. The smallest absolute Gasteiger partial charge is 0.182 e. The third kappa shape index (κ3) is 5.79. The molecule has 1 aromatic heterocycles. The predicted molar refractivity (Wildman–Crippen MR) is 85.2 cm³/mol. The topological polar surface area (TPSA) is 64.4 Å². The maximum atomic E-state index is 5.71. The molecular weight excluding hydrogens is 258 g/mol. The Hall–Kier alpha value is -1.49. The molecule has 2 N–H and O–H groups in total. The number of oxazole rings is 1. The fraction of sp³-hybridized carbons (Fsp3) is 0.429. The SMILES string of the molecule is C=CC/C=c1/nco/c1=C(/CC)SC(N)=NC.CC. The highest BCUT2D eigenvalue weighted by Crippen LogP contribution is 2.18. The summed E-state index contributed by atoms with van der Waals surface area (Å²) in [7, 11) is 1.67. The van der Waals surface area contributed by atoms with E-state index in [2.05, 4.69) is 16.6 Å². The van der Waals surface area contributed by atoms with Crippen molar-refractivity contribution in [2.75, 3.05) is 7.05 Å². The molecule has 0 aromatic carbocycles. The molecule has 19 heavy (non-hydrogen) atoms. The van der Waals surface area contributed by atoms with Gasteiger partial charge in [0.15, 0.2) is 17.0 Å². The van der Waals surface area contributed by atoms with E-state index >= 15 is 0 Å². The lowest BCUT2D eigenvalue weighted by molar-refractivity contribution is 0.522. The van der Waals surface area contributed by atoms with Crippen molar-refractivity contribution in [1.82, 2.24) is 4.98 Å². The first-order valence-corrected chi connectivity index (χ1v) is 7.18. The molecule has 1 aromatic rings.